The molecule has 1 unspecified atom stereocenters. The van der Waals surface area contributed by atoms with Gasteiger partial charge >= 0.3 is 0 Å². The third-order valence-corrected chi connectivity index (χ3v) is 6.33. The molecule has 5 nitrogen and oxygen atoms in total. The van der Waals surface area contributed by atoms with Gasteiger partial charge in [-0.2, -0.15) is 11.8 Å². The molecule has 26 heavy (non-hydrogen) atoms. The first-order chi connectivity index (χ1) is 12.4. The predicted octanol–water partition coefficient (Wildman–Crippen LogP) is 3.38. The molecule has 146 valence electrons. The van der Waals surface area contributed by atoms with Gasteiger partial charge in [-0.1, -0.05) is 26.8 Å². The molecule has 1 aromatic carbocycles. The van der Waals surface area contributed by atoms with Crippen molar-refractivity contribution in [2.24, 2.45) is 4.99 Å². The third kappa shape index (κ3) is 5.00. The number of benzene rings is 1. The fourth-order valence-corrected chi connectivity index (χ4v) is 4.33. The summed E-state index contributed by atoms with van der Waals surface area (Å²) in [6.45, 7) is 9.65. The molecule has 0 aromatic heterocycles. The summed E-state index contributed by atoms with van der Waals surface area (Å²) in [5, 5.41) is 4.28. The van der Waals surface area contributed by atoms with Crippen molar-refractivity contribution in [3.8, 4) is 11.5 Å². The van der Waals surface area contributed by atoms with Gasteiger partial charge in [0.05, 0.1) is 14.2 Å². The molecule has 0 saturated carbocycles. The average molecular weight is 380 g/mol. The van der Waals surface area contributed by atoms with Gasteiger partial charge in [0.2, 0.25) is 0 Å². The highest BCUT2D eigenvalue weighted by atomic mass is 32.2. The van der Waals surface area contributed by atoms with Gasteiger partial charge in [0.1, 0.15) is 0 Å². The summed E-state index contributed by atoms with van der Waals surface area (Å²) in [6.07, 6.45) is 1.20. The second-order valence-electron chi connectivity index (χ2n) is 7.20. The first-order valence-corrected chi connectivity index (χ1v) is 10.3. The van der Waals surface area contributed by atoms with Gasteiger partial charge < -0.3 is 19.7 Å². The number of thioether (sulfide) groups is 1. The van der Waals surface area contributed by atoms with Crippen LogP contribution in [0.3, 0.4) is 0 Å². The summed E-state index contributed by atoms with van der Waals surface area (Å²) in [5.41, 5.74) is 1.14. The second-order valence-corrected chi connectivity index (χ2v) is 8.61. The largest absolute Gasteiger partial charge is 0.493 e. The molecule has 1 aliphatic rings. The van der Waals surface area contributed by atoms with Crippen molar-refractivity contribution in [1.82, 2.24) is 10.2 Å². The van der Waals surface area contributed by atoms with Gasteiger partial charge in [-0.05, 0) is 24.1 Å². The van der Waals surface area contributed by atoms with Crippen LogP contribution >= 0.6 is 11.8 Å². The highest BCUT2D eigenvalue weighted by molar-refractivity contribution is 8.00. The maximum absolute atomic E-state index is 5.46. The molecule has 1 saturated heterocycles. The van der Waals surface area contributed by atoms with Gasteiger partial charge in [0.25, 0.3) is 0 Å². The Morgan fingerprint density at radius 2 is 2.04 bits per heavy atom. The number of nitrogens with one attached hydrogen (secondary N) is 1. The van der Waals surface area contributed by atoms with E-state index in [9.17, 15) is 0 Å². The Morgan fingerprint density at radius 3 is 2.65 bits per heavy atom. The van der Waals surface area contributed by atoms with Crippen LogP contribution < -0.4 is 14.8 Å². The number of methoxy groups -OCH3 is 2. The molecule has 1 aliphatic heterocycles. The molecule has 1 atom stereocenters. The van der Waals surface area contributed by atoms with Crippen LogP contribution in [-0.4, -0.2) is 62.8 Å². The number of hydrogen-bond acceptors (Lipinski definition) is 4. The number of guanidine groups is 1. The average Bonchev–Trinajstić information content (AvgIpc) is 2.67. The van der Waals surface area contributed by atoms with Crippen molar-refractivity contribution in [2.45, 2.75) is 37.9 Å². The topological polar surface area (TPSA) is 46.1 Å². The number of aliphatic imine (C=N–C) groups is 1. The first kappa shape index (κ1) is 20.7. The van der Waals surface area contributed by atoms with E-state index in [4.69, 9.17) is 9.47 Å². The van der Waals surface area contributed by atoms with E-state index in [1.165, 1.54) is 12.0 Å². The molecule has 0 amide bonds. The molecule has 0 spiro atoms. The smallest absolute Gasteiger partial charge is 0.193 e. The molecular formula is C20H33N3O2S. The van der Waals surface area contributed by atoms with Crippen LogP contribution in [0.5, 0.6) is 11.5 Å². The first-order valence-electron chi connectivity index (χ1n) is 9.24. The molecule has 1 N–H and O–H groups in total. The van der Waals surface area contributed by atoms with Gasteiger partial charge in [-0.15, -0.1) is 0 Å². The van der Waals surface area contributed by atoms with Gasteiger partial charge in [-0.3, -0.25) is 4.99 Å². The minimum atomic E-state index is -0.0653. The quantitative estimate of drug-likeness (QED) is 0.606. The highest BCUT2D eigenvalue weighted by Crippen LogP contribution is 2.33. The molecule has 6 heteroatoms. The normalized spacial score (nSPS) is 18.6. The number of ether oxygens (including phenoxy) is 2. The fourth-order valence-electron chi connectivity index (χ4n) is 3.15. The van der Waals surface area contributed by atoms with E-state index in [-0.39, 0.29) is 5.41 Å². The van der Waals surface area contributed by atoms with Gasteiger partial charge in [0.15, 0.2) is 17.5 Å². The van der Waals surface area contributed by atoms with E-state index in [1.807, 2.05) is 13.1 Å². The van der Waals surface area contributed by atoms with E-state index in [2.05, 4.69) is 59.9 Å². The summed E-state index contributed by atoms with van der Waals surface area (Å²) in [5.74, 6) is 3.68. The van der Waals surface area contributed by atoms with Crippen molar-refractivity contribution in [3.63, 3.8) is 0 Å². The Balaban J connectivity index is 2.06. The summed E-state index contributed by atoms with van der Waals surface area (Å²) >= 11 is 2.07. The molecule has 0 radical (unpaired) electrons. The Labute approximate surface area is 162 Å². The molecule has 1 aromatic rings. The zero-order chi connectivity index (χ0) is 19.2. The maximum Gasteiger partial charge on any atom is 0.193 e. The number of hydrogen-bond donors (Lipinski definition) is 1. The summed E-state index contributed by atoms with van der Waals surface area (Å²) in [7, 11) is 5.20. The highest BCUT2D eigenvalue weighted by Gasteiger charge is 2.26. The Morgan fingerprint density at radius 1 is 1.31 bits per heavy atom. The lowest BCUT2D eigenvalue weighted by molar-refractivity contribution is 0.353. The number of nitrogens with zero attached hydrogens (tertiary/aromatic N) is 2. The van der Waals surface area contributed by atoms with Crippen LogP contribution in [0, 0.1) is 0 Å². The van der Waals surface area contributed by atoms with Gasteiger partial charge in [0, 0.05) is 43.1 Å². The molecule has 0 aliphatic carbocycles. The van der Waals surface area contributed by atoms with E-state index in [0.29, 0.717) is 5.25 Å². The minimum absolute atomic E-state index is 0.0653. The summed E-state index contributed by atoms with van der Waals surface area (Å²) < 4.78 is 10.8. The van der Waals surface area contributed by atoms with Crippen molar-refractivity contribution >= 4 is 17.7 Å². The molecule has 1 fully saturated rings. The third-order valence-electron chi connectivity index (χ3n) is 4.96. The van der Waals surface area contributed by atoms with Crippen molar-refractivity contribution in [3.05, 3.63) is 23.8 Å². The van der Waals surface area contributed by atoms with Crippen molar-refractivity contribution in [1.29, 1.82) is 0 Å². The van der Waals surface area contributed by atoms with E-state index in [0.717, 1.165) is 42.8 Å². The Kier molecular flexibility index (Phi) is 7.50. The molecule has 1 heterocycles. The zero-order valence-electron chi connectivity index (χ0n) is 17.0. The van der Waals surface area contributed by atoms with Crippen molar-refractivity contribution < 1.29 is 9.47 Å². The number of rotatable bonds is 6. The molecule has 2 rings (SSSR count). The van der Waals surface area contributed by atoms with E-state index < -0.39 is 0 Å². The minimum Gasteiger partial charge on any atom is -0.493 e. The van der Waals surface area contributed by atoms with Crippen LogP contribution in [0.4, 0.5) is 0 Å². The van der Waals surface area contributed by atoms with Crippen LogP contribution in [0.15, 0.2) is 23.2 Å². The monoisotopic (exact) mass is 379 g/mol. The van der Waals surface area contributed by atoms with E-state index in [1.54, 1.807) is 14.2 Å². The Hall–Kier alpha value is -1.56. The SMILES string of the molecule is CCC1CN(C(=NC)NCC(C)(C)c2ccc(OC)c(OC)c2)CCS1. The molecular weight excluding hydrogens is 346 g/mol. The lowest BCUT2D eigenvalue weighted by Gasteiger charge is -2.36. The molecule has 0 bridgehead atoms. The zero-order valence-corrected chi connectivity index (χ0v) is 17.8. The van der Waals surface area contributed by atoms with Gasteiger partial charge in [-0.25, -0.2) is 0 Å². The second kappa shape index (κ2) is 9.40. The van der Waals surface area contributed by atoms with Crippen LogP contribution in [0.1, 0.15) is 32.8 Å². The fraction of sp³-hybridized carbons (Fsp3) is 0.650. The predicted molar refractivity (Wildman–Crippen MR) is 112 cm³/mol. The maximum atomic E-state index is 5.46. The standard InChI is InChI=1S/C20H33N3O2S/c1-7-16-13-23(10-11-26-16)19(21-4)22-14-20(2,3)15-8-9-17(24-5)18(12-15)25-6/h8-9,12,16H,7,10-11,13-14H2,1-6H3,(H,21,22). The summed E-state index contributed by atoms with van der Waals surface area (Å²) in [4.78, 5) is 6.90. The lowest BCUT2D eigenvalue weighted by Crippen LogP contribution is -2.50. The van der Waals surface area contributed by atoms with E-state index >= 15 is 0 Å². The lowest BCUT2D eigenvalue weighted by atomic mass is 9.84. The summed E-state index contributed by atoms with van der Waals surface area (Å²) in [6, 6.07) is 6.14. The van der Waals surface area contributed by atoms with Crippen LogP contribution in [-0.2, 0) is 5.41 Å². The van der Waals surface area contributed by atoms with Crippen molar-refractivity contribution in [2.75, 3.05) is 46.7 Å². The van der Waals surface area contributed by atoms with Crippen LogP contribution in [0.2, 0.25) is 0 Å². The Bertz CT molecular complexity index is 619. The van der Waals surface area contributed by atoms with Crippen LogP contribution in [0.25, 0.3) is 0 Å².